The zero-order valence-corrected chi connectivity index (χ0v) is 10.1. The van der Waals surface area contributed by atoms with E-state index in [1.807, 2.05) is 0 Å². The molecule has 2 aromatic rings. The second-order valence-corrected chi connectivity index (χ2v) is 4.02. The monoisotopic (exact) mass is 270 g/mol. The van der Waals surface area contributed by atoms with E-state index in [1.165, 1.54) is 12.4 Å². The highest BCUT2D eigenvalue weighted by molar-refractivity contribution is 6.31. The molecule has 2 rings (SSSR count). The lowest BCUT2D eigenvalue weighted by Crippen LogP contribution is -1.94. The van der Waals surface area contributed by atoms with Crippen molar-refractivity contribution in [2.24, 2.45) is 0 Å². The summed E-state index contributed by atoms with van der Waals surface area (Å²) >= 11 is 11.6. The van der Waals surface area contributed by atoms with Crippen LogP contribution in [0.4, 0.5) is 0 Å². The summed E-state index contributed by atoms with van der Waals surface area (Å²) < 4.78 is 5.43. The average Bonchev–Trinajstić information content (AvgIpc) is 2.32. The van der Waals surface area contributed by atoms with E-state index in [9.17, 15) is 0 Å². The molecule has 0 unspecified atom stereocenters. The van der Waals surface area contributed by atoms with Crippen molar-refractivity contribution in [1.29, 1.82) is 0 Å². The van der Waals surface area contributed by atoms with Gasteiger partial charge in [-0.1, -0.05) is 23.2 Å². The predicted molar refractivity (Wildman–Crippen MR) is 64.5 cm³/mol. The lowest BCUT2D eigenvalue weighted by Gasteiger charge is -2.06. The van der Waals surface area contributed by atoms with Crippen molar-refractivity contribution in [3.8, 4) is 11.6 Å². The number of halogens is 2. The third-order valence-electron chi connectivity index (χ3n) is 1.95. The van der Waals surface area contributed by atoms with Gasteiger partial charge in [0, 0.05) is 18.3 Å². The van der Waals surface area contributed by atoms with Gasteiger partial charge >= 0.3 is 0 Å². The standard InChI is InChI=1S/C11H8Cl2N2O2/c12-7-3-8(5-14-4-7)17-11-2-1-9(13)10(6-16)15-11/h1-5,16H,6H2. The largest absolute Gasteiger partial charge is 0.437 e. The van der Waals surface area contributed by atoms with Gasteiger partial charge in [-0.15, -0.1) is 0 Å². The number of ether oxygens (including phenoxy) is 1. The molecule has 2 heterocycles. The van der Waals surface area contributed by atoms with Crippen molar-refractivity contribution in [1.82, 2.24) is 9.97 Å². The Kier molecular flexibility index (Phi) is 3.78. The normalized spacial score (nSPS) is 10.3. The lowest BCUT2D eigenvalue weighted by molar-refractivity contribution is 0.275. The molecule has 0 bridgehead atoms. The van der Waals surface area contributed by atoms with Gasteiger partial charge in [-0.3, -0.25) is 4.98 Å². The van der Waals surface area contributed by atoms with Gasteiger partial charge in [0.15, 0.2) is 0 Å². The van der Waals surface area contributed by atoms with Crippen LogP contribution >= 0.6 is 23.2 Å². The maximum atomic E-state index is 9.02. The molecule has 4 nitrogen and oxygen atoms in total. The molecule has 17 heavy (non-hydrogen) atoms. The highest BCUT2D eigenvalue weighted by Gasteiger charge is 2.05. The Morgan fingerprint density at radius 2 is 2.06 bits per heavy atom. The summed E-state index contributed by atoms with van der Waals surface area (Å²) in [5, 5.41) is 9.88. The molecule has 2 aromatic heterocycles. The number of nitrogens with zero attached hydrogens (tertiary/aromatic N) is 2. The molecule has 1 N–H and O–H groups in total. The van der Waals surface area contributed by atoms with Crippen LogP contribution < -0.4 is 4.74 Å². The topological polar surface area (TPSA) is 55.2 Å². The molecule has 0 aromatic carbocycles. The molecular weight excluding hydrogens is 263 g/mol. The van der Waals surface area contributed by atoms with E-state index in [1.54, 1.807) is 18.2 Å². The van der Waals surface area contributed by atoms with Crippen LogP contribution in [0.2, 0.25) is 10.0 Å². The molecule has 0 saturated carbocycles. The third kappa shape index (κ3) is 3.06. The van der Waals surface area contributed by atoms with E-state index in [-0.39, 0.29) is 6.61 Å². The van der Waals surface area contributed by atoms with Gasteiger partial charge < -0.3 is 9.84 Å². The first kappa shape index (κ1) is 12.1. The van der Waals surface area contributed by atoms with Crippen LogP contribution in [0.1, 0.15) is 5.69 Å². The molecule has 6 heteroatoms. The number of aliphatic hydroxyl groups excluding tert-OH is 1. The minimum atomic E-state index is -0.246. The maximum Gasteiger partial charge on any atom is 0.219 e. The average molecular weight is 271 g/mol. The zero-order chi connectivity index (χ0) is 12.3. The Bertz CT molecular complexity index is 535. The summed E-state index contributed by atoms with van der Waals surface area (Å²) in [5.41, 5.74) is 0.360. The Morgan fingerprint density at radius 3 is 2.76 bits per heavy atom. The minimum absolute atomic E-state index is 0.246. The number of hydrogen-bond acceptors (Lipinski definition) is 4. The van der Waals surface area contributed by atoms with E-state index < -0.39 is 0 Å². The van der Waals surface area contributed by atoms with Gasteiger partial charge in [0.1, 0.15) is 5.75 Å². The Hall–Kier alpha value is -1.36. The highest BCUT2D eigenvalue weighted by atomic mass is 35.5. The smallest absolute Gasteiger partial charge is 0.219 e. The van der Waals surface area contributed by atoms with Gasteiger partial charge in [0.25, 0.3) is 0 Å². The van der Waals surface area contributed by atoms with E-state index in [0.717, 1.165) is 0 Å². The second-order valence-electron chi connectivity index (χ2n) is 3.18. The van der Waals surface area contributed by atoms with Crippen LogP contribution in [0.15, 0.2) is 30.6 Å². The fourth-order valence-corrected chi connectivity index (χ4v) is 1.53. The molecule has 0 atom stereocenters. The van der Waals surface area contributed by atoms with Crippen molar-refractivity contribution in [3.05, 3.63) is 46.3 Å². The van der Waals surface area contributed by atoms with Crippen molar-refractivity contribution in [2.45, 2.75) is 6.61 Å². The summed E-state index contributed by atoms with van der Waals surface area (Å²) in [6, 6.07) is 4.82. The molecule has 0 aliphatic rings. The number of aliphatic hydroxyl groups is 1. The van der Waals surface area contributed by atoms with Crippen LogP contribution in [0.3, 0.4) is 0 Å². The van der Waals surface area contributed by atoms with Crippen molar-refractivity contribution in [3.63, 3.8) is 0 Å². The van der Waals surface area contributed by atoms with Crippen molar-refractivity contribution < 1.29 is 9.84 Å². The van der Waals surface area contributed by atoms with Crippen LogP contribution in [0, 0.1) is 0 Å². The van der Waals surface area contributed by atoms with Gasteiger partial charge in [-0.25, -0.2) is 4.98 Å². The SMILES string of the molecule is OCc1nc(Oc2cncc(Cl)c2)ccc1Cl. The molecule has 0 saturated heterocycles. The quantitative estimate of drug-likeness (QED) is 0.932. The Balaban J connectivity index is 2.24. The first-order valence-corrected chi connectivity index (χ1v) is 5.49. The van der Waals surface area contributed by atoms with E-state index in [4.69, 9.17) is 33.0 Å². The van der Waals surface area contributed by atoms with Gasteiger partial charge in [0.05, 0.1) is 28.5 Å². The van der Waals surface area contributed by atoms with Crippen molar-refractivity contribution >= 4 is 23.2 Å². The Morgan fingerprint density at radius 1 is 1.24 bits per heavy atom. The molecule has 88 valence electrons. The maximum absolute atomic E-state index is 9.02. The summed E-state index contributed by atoms with van der Waals surface area (Å²) in [7, 11) is 0. The summed E-state index contributed by atoms with van der Waals surface area (Å²) in [6.45, 7) is -0.246. The number of aromatic nitrogens is 2. The van der Waals surface area contributed by atoms with Gasteiger partial charge in [0.2, 0.25) is 5.88 Å². The number of rotatable bonds is 3. The molecular formula is C11H8Cl2N2O2. The lowest BCUT2D eigenvalue weighted by atomic mass is 10.3. The fraction of sp³-hybridized carbons (Fsp3) is 0.0909. The predicted octanol–water partition coefficient (Wildman–Crippen LogP) is 3.07. The van der Waals surface area contributed by atoms with Gasteiger partial charge in [-0.2, -0.15) is 0 Å². The number of hydrogen-bond donors (Lipinski definition) is 1. The minimum Gasteiger partial charge on any atom is -0.437 e. The summed E-state index contributed by atoms with van der Waals surface area (Å²) in [5.74, 6) is 0.790. The zero-order valence-electron chi connectivity index (χ0n) is 8.60. The third-order valence-corrected chi connectivity index (χ3v) is 2.50. The second kappa shape index (κ2) is 5.31. The molecule has 0 spiro atoms. The molecule has 0 amide bonds. The number of pyridine rings is 2. The highest BCUT2D eigenvalue weighted by Crippen LogP contribution is 2.24. The first-order valence-electron chi connectivity index (χ1n) is 4.73. The summed E-state index contributed by atoms with van der Waals surface area (Å²) in [4.78, 5) is 7.92. The van der Waals surface area contributed by atoms with Crippen molar-refractivity contribution in [2.75, 3.05) is 0 Å². The first-order chi connectivity index (χ1) is 8.19. The van der Waals surface area contributed by atoms with E-state index in [0.29, 0.717) is 27.4 Å². The van der Waals surface area contributed by atoms with Gasteiger partial charge in [-0.05, 0) is 6.07 Å². The fourth-order valence-electron chi connectivity index (χ4n) is 1.20. The summed E-state index contributed by atoms with van der Waals surface area (Å²) in [6.07, 6.45) is 3.02. The van der Waals surface area contributed by atoms with Crippen LogP contribution in [0.5, 0.6) is 11.6 Å². The van der Waals surface area contributed by atoms with Crippen LogP contribution in [-0.4, -0.2) is 15.1 Å². The molecule has 0 fully saturated rings. The Labute approximate surface area is 108 Å². The van der Waals surface area contributed by atoms with Crippen LogP contribution in [0.25, 0.3) is 0 Å². The van der Waals surface area contributed by atoms with E-state index in [2.05, 4.69) is 9.97 Å². The molecule has 0 radical (unpaired) electrons. The molecule has 0 aliphatic heterocycles. The molecule has 0 aliphatic carbocycles. The van der Waals surface area contributed by atoms with Crippen LogP contribution in [-0.2, 0) is 6.61 Å². The van der Waals surface area contributed by atoms with E-state index >= 15 is 0 Å².